The van der Waals surface area contributed by atoms with Crippen LogP contribution in [0.4, 0.5) is 0 Å². The van der Waals surface area contributed by atoms with Crippen LogP contribution in [0.2, 0.25) is 0 Å². The molecule has 8 nitrogen and oxygen atoms in total. The topological polar surface area (TPSA) is 101 Å². The molecule has 1 atom stereocenters. The number of benzene rings is 1. The molecule has 9 heteroatoms. The summed E-state index contributed by atoms with van der Waals surface area (Å²) < 4.78 is 36.0. The molecule has 152 valence electrons. The van der Waals surface area contributed by atoms with Gasteiger partial charge in [-0.15, -0.1) is 0 Å². The Balaban J connectivity index is 1.82. The first kappa shape index (κ1) is 21.5. The number of nitrogens with zero attached hydrogens (tertiary/aromatic N) is 1. The third-order valence-corrected chi connectivity index (χ3v) is 4.81. The molecule has 27 heavy (non-hydrogen) atoms. The third-order valence-electron chi connectivity index (χ3n) is 4.08. The highest BCUT2D eigenvalue weighted by Crippen LogP contribution is 2.23. The van der Waals surface area contributed by atoms with Crippen molar-refractivity contribution < 1.29 is 17.9 Å². The molecule has 1 aliphatic rings. The van der Waals surface area contributed by atoms with Gasteiger partial charge in [0.2, 0.25) is 10.0 Å². The molecular formula is C18H30N4O4S. The van der Waals surface area contributed by atoms with Crippen molar-refractivity contribution in [1.82, 2.24) is 15.4 Å². The molecule has 1 fully saturated rings. The van der Waals surface area contributed by atoms with Crippen molar-refractivity contribution in [2.75, 3.05) is 39.6 Å². The minimum Gasteiger partial charge on any atom is -0.488 e. The van der Waals surface area contributed by atoms with Gasteiger partial charge in [0.15, 0.2) is 5.96 Å². The molecule has 1 unspecified atom stereocenters. The maximum atomic E-state index is 11.0. The first-order valence-corrected chi connectivity index (χ1v) is 11.0. The molecule has 2 rings (SSSR count). The lowest BCUT2D eigenvalue weighted by atomic mass is 10.1. The van der Waals surface area contributed by atoms with Gasteiger partial charge in [-0.3, -0.25) is 4.99 Å². The summed E-state index contributed by atoms with van der Waals surface area (Å²) in [5, 5.41) is 6.44. The summed E-state index contributed by atoms with van der Waals surface area (Å²) in [5.74, 6) is 1.52. The van der Waals surface area contributed by atoms with Crippen LogP contribution in [-0.2, 0) is 21.3 Å². The van der Waals surface area contributed by atoms with E-state index >= 15 is 0 Å². The van der Waals surface area contributed by atoms with Crippen LogP contribution in [0.5, 0.6) is 5.75 Å². The molecule has 1 saturated heterocycles. The zero-order valence-corrected chi connectivity index (χ0v) is 17.1. The Morgan fingerprint density at radius 2 is 2.15 bits per heavy atom. The van der Waals surface area contributed by atoms with Gasteiger partial charge in [0.1, 0.15) is 11.9 Å². The van der Waals surface area contributed by atoms with Gasteiger partial charge >= 0.3 is 0 Å². The van der Waals surface area contributed by atoms with Gasteiger partial charge in [-0.25, -0.2) is 13.1 Å². The van der Waals surface area contributed by atoms with E-state index in [0.29, 0.717) is 38.6 Å². The Kier molecular flexibility index (Phi) is 8.33. The van der Waals surface area contributed by atoms with Crippen molar-refractivity contribution in [3.8, 4) is 5.75 Å². The van der Waals surface area contributed by atoms with Crippen LogP contribution in [0.3, 0.4) is 0 Å². The number of aliphatic imine (C=N–C) groups is 1. The van der Waals surface area contributed by atoms with Crippen molar-refractivity contribution in [3.63, 3.8) is 0 Å². The minimum absolute atomic E-state index is 0.102. The van der Waals surface area contributed by atoms with Gasteiger partial charge < -0.3 is 20.1 Å². The van der Waals surface area contributed by atoms with Crippen LogP contribution < -0.4 is 20.1 Å². The Morgan fingerprint density at radius 1 is 1.33 bits per heavy atom. The average molecular weight is 399 g/mol. The number of nitrogens with one attached hydrogen (secondary N) is 3. The van der Waals surface area contributed by atoms with Crippen molar-refractivity contribution in [2.45, 2.75) is 32.4 Å². The molecule has 0 aliphatic carbocycles. The zero-order valence-electron chi connectivity index (χ0n) is 16.2. The van der Waals surface area contributed by atoms with Crippen LogP contribution in [0.25, 0.3) is 0 Å². The van der Waals surface area contributed by atoms with Gasteiger partial charge in [0.25, 0.3) is 0 Å². The van der Waals surface area contributed by atoms with Crippen molar-refractivity contribution in [3.05, 3.63) is 29.3 Å². The molecule has 3 N–H and O–H groups in total. The predicted molar refractivity (Wildman–Crippen MR) is 107 cm³/mol. The van der Waals surface area contributed by atoms with E-state index in [0.717, 1.165) is 36.2 Å². The number of hydrogen-bond acceptors (Lipinski definition) is 5. The second-order valence-electron chi connectivity index (χ2n) is 6.59. The maximum Gasteiger partial charge on any atom is 0.208 e. The second-order valence-corrected chi connectivity index (χ2v) is 8.42. The number of hydrogen-bond donors (Lipinski definition) is 3. The molecule has 0 spiro atoms. The molecule has 1 heterocycles. The standard InChI is InChI=1S/C18H30N4O4S/c1-14-5-6-15(17(11-14)26-16-7-10-25-13-16)12-21-18(19-2)20-8-4-9-22-27(3,23)24/h5-6,11,16,22H,4,7-10,12-13H2,1-3H3,(H2,19,20,21). The summed E-state index contributed by atoms with van der Waals surface area (Å²) >= 11 is 0. The number of guanidine groups is 1. The fraction of sp³-hybridized carbons (Fsp3) is 0.611. The van der Waals surface area contributed by atoms with Crippen LogP contribution in [0, 0.1) is 6.92 Å². The Hall–Kier alpha value is -1.84. The number of sulfonamides is 1. The molecule has 0 amide bonds. The highest BCUT2D eigenvalue weighted by Gasteiger charge is 2.18. The average Bonchev–Trinajstić information content (AvgIpc) is 3.11. The van der Waals surface area contributed by atoms with E-state index in [9.17, 15) is 8.42 Å². The summed E-state index contributed by atoms with van der Waals surface area (Å²) in [7, 11) is -1.44. The SMILES string of the molecule is CN=C(NCCCNS(C)(=O)=O)NCc1ccc(C)cc1OC1CCOC1. The summed E-state index contributed by atoms with van der Waals surface area (Å²) in [6.45, 7) is 4.99. The molecule has 1 aliphatic heterocycles. The quantitative estimate of drug-likeness (QED) is 0.323. The first-order chi connectivity index (χ1) is 12.9. The van der Waals surface area contributed by atoms with Crippen molar-refractivity contribution in [2.24, 2.45) is 4.99 Å². The van der Waals surface area contributed by atoms with Crippen molar-refractivity contribution in [1.29, 1.82) is 0 Å². The molecule has 0 saturated carbocycles. The van der Waals surface area contributed by atoms with E-state index in [-0.39, 0.29) is 6.10 Å². The highest BCUT2D eigenvalue weighted by molar-refractivity contribution is 7.88. The molecular weight excluding hydrogens is 368 g/mol. The number of ether oxygens (including phenoxy) is 2. The fourth-order valence-corrected chi connectivity index (χ4v) is 3.17. The van der Waals surface area contributed by atoms with Crippen LogP contribution in [0.15, 0.2) is 23.2 Å². The van der Waals surface area contributed by atoms with Gasteiger partial charge in [-0.2, -0.15) is 0 Å². The second kappa shape index (κ2) is 10.5. The van der Waals surface area contributed by atoms with Gasteiger partial charge in [-0.05, 0) is 25.0 Å². The highest BCUT2D eigenvalue weighted by atomic mass is 32.2. The normalized spacial score (nSPS) is 17.7. The lowest BCUT2D eigenvalue weighted by Gasteiger charge is -2.18. The summed E-state index contributed by atoms with van der Waals surface area (Å²) in [5.41, 5.74) is 2.20. The van der Waals surface area contributed by atoms with Crippen LogP contribution in [-0.4, -0.2) is 60.1 Å². The van der Waals surface area contributed by atoms with Crippen molar-refractivity contribution >= 4 is 16.0 Å². The molecule has 1 aromatic carbocycles. The molecule has 1 aromatic rings. The molecule has 0 bridgehead atoms. The van der Waals surface area contributed by atoms with Gasteiger partial charge in [-0.1, -0.05) is 12.1 Å². The summed E-state index contributed by atoms with van der Waals surface area (Å²) in [6, 6.07) is 6.15. The van der Waals surface area contributed by atoms with Crippen LogP contribution >= 0.6 is 0 Å². The Labute approximate surface area is 161 Å². The largest absolute Gasteiger partial charge is 0.488 e. The number of rotatable bonds is 9. The first-order valence-electron chi connectivity index (χ1n) is 9.10. The Morgan fingerprint density at radius 3 is 2.81 bits per heavy atom. The van der Waals surface area contributed by atoms with E-state index in [1.165, 1.54) is 0 Å². The number of aryl methyl sites for hydroxylation is 1. The summed E-state index contributed by atoms with van der Waals surface area (Å²) in [6.07, 6.45) is 2.82. The van der Waals surface area contributed by atoms with E-state index in [2.05, 4.69) is 32.5 Å². The Bertz CT molecular complexity index is 731. The minimum atomic E-state index is -3.14. The van der Waals surface area contributed by atoms with Crippen LogP contribution in [0.1, 0.15) is 24.0 Å². The smallest absolute Gasteiger partial charge is 0.208 e. The molecule has 0 radical (unpaired) electrons. The molecule has 0 aromatic heterocycles. The third kappa shape index (κ3) is 8.15. The lowest BCUT2D eigenvalue weighted by molar-refractivity contribution is 0.140. The fourth-order valence-electron chi connectivity index (χ4n) is 2.66. The van der Waals surface area contributed by atoms with E-state index in [4.69, 9.17) is 9.47 Å². The monoisotopic (exact) mass is 398 g/mol. The van der Waals surface area contributed by atoms with E-state index < -0.39 is 10.0 Å². The van der Waals surface area contributed by atoms with E-state index in [1.807, 2.05) is 13.0 Å². The maximum absolute atomic E-state index is 11.0. The zero-order chi connectivity index (χ0) is 19.7. The lowest BCUT2D eigenvalue weighted by Crippen LogP contribution is -2.38. The van der Waals surface area contributed by atoms with Gasteiger partial charge in [0.05, 0.1) is 19.5 Å². The van der Waals surface area contributed by atoms with E-state index in [1.54, 1.807) is 7.05 Å². The van der Waals surface area contributed by atoms with Gasteiger partial charge in [0, 0.05) is 38.7 Å². The summed E-state index contributed by atoms with van der Waals surface area (Å²) in [4.78, 5) is 4.19. The predicted octanol–water partition coefficient (Wildman–Crippen LogP) is 0.767.